The predicted octanol–water partition coefficient (Wildman–Crippen LogP) is 0.196. The van der Waals surface area contributed by atoms with E-state index in [0.29, 0.717) is 12.4 Å². The van der Waals surface area contributed by atoms with Crippen molar-refractivity contribution in [3.63, 3.8) is 0 Å². The van der Waals surface area contributed by atoms with Gasteiger partial charge in [-0.25, -0.2) is 4.98 Å². The van der Waals surface area contributed by atoms with Crippen molar-refractivity contribution in [2.75, 3.05) is 19.4 Å². The molecule has 0 radical (unpaired) electrons. The molecule has 0 aromatic carbocycles. The lowest BCUT2D eigenvalue weighted by Crippen LogP contribution is -2.36. The lowest BCUT2D eigenvalue weighted by atomic mass is 10.2. The third-order valence-corrected chi connectivity index (χ3v) is 2.93. The van der Waals surface area contributed by atoms with Crippen LogP contribution in [0.2, 0.25) is 0 Å². The summed E-state index contributed by atoms with van der Waals surface area (Å²) in [5, 5.41) is 0. The molecule has 1 fully saturated rings. The third kappa shape index (κ3) is 2.71. The normalized spacial score (nSPS) is 20.4. The van der Waals surface area contributed by atoms with Crippen molar-refractivity contribution >= 4 is 11.8 Å². The van der Waals surface area contributed by atoms with E-state index in [2.05, 4.69) is 14.9 Å². The molecule has 0 amide bonds. The van der Waals surface area contributed by atoms with Crippen molar-refractivity contribution in [3.05, 3.63) is 18.1 Å². The highest BCUT2D eigenvalue weighted by Gasteiger charge is 2.31. The van der Waals surface area contributed by atoms with Crippen LogP contribution in [0.3, 0.4) is 0 Å². The monoisotopic (exact) mass is 236 g/mol. The van der Waals surface area contributed by atoms with Gasteiger partial charge in [0.2, 0.25) is 0 Å². The molecule has 1 atom stereocenters. The van der Waals surface area contributed by atoms with Crippen LogP contribution >= 0.6 is 0 Å². The van der Waals surface area contributed by atoms with Crippen LogP contribution in [0.1, 0.15) is 18.5 Å². The quantitative estimate of drug-likeness (QED) is 0.755. The van der Waals surface area contributed by atoms with E-state index in [0.717, 1.165) is 25.1 Å². The Labute approximate surface area is 99.8 Å². The topological polar surface area (TPSA) is 81.3 Å². The van der Waals surface area contributed by atoms with Gasteiger partial charge >= 0.3 is 5.97 Å². The molecule has 1 aromatic heterocycles. The maximum absolute atomic E-state index is 11.5. The number of nitrogen functional groups attached to an aromatic ring is 1. The number of likely N-dealkylation sites (tertiary alicyclic amines) is 1. The Morgan fingerprint density at radius 1 is 1.59 bits per heavy atom. The fraction of sp³-hybridized carbons (Fsp3) is 0.545. The average Bonchev–Trinajstić information content (AvgIpc) is 2.79. The fourth-order valence-electron chi connectivity index (χ4n) is 2.07. The number of hydrogen-bond donors (Lipinski definition) is 1. The summed E-state index contributed by atoms with van der Waals surface area (Å²) >= 11 is 0. The van der Waals surface area contributed by atoms with Gasteiger partial charge in [0.25, 0.3) is 0 Å². The number of nitrogens with zero attached hydrogens (tertiary/aromatic N) is 3. The molecule has 6 heteroatoms. The summed E-state index contributed by atoms with van der Waals surface area (Å²) in [6, 6.07) is -0.153. The first-order chi connectivity index (χ1) is 8.20. The van der Waals surface area contributed by atoms with E-state index >= 15 is 0 Å². The molecule has 1 aromatic rings. The van der Waals surface area contributed by atoms with E-state index in [-0.39, 0.29) is 12.0 Å². The smallest absolute Gasteiger partial charge is 0.323 e. The van der Waals surface area contributed by atoms with Crippen molar-refractivity contribution in [2.24, 2.45) is 0 Å². The van der Waals surface area contributed by atoms with E-state index in [1.54, 1.807) is 6.20 Å². The number of methoxy groups -OCH3 is 1. The van der Waals surface area contributed by atoms with E-state index in [1.807, 2.05) is 0 Å². The summed E-state index contributed by atoms with van der Waals surface area (Å²) in [7, 11) is 1.42. The second-order valence-electron chi connectivity index (χ2n) is 4.08. The Hall–Kier alpha value is -1.69. The van der Waals surface area contributed by atoms with Gasteiger partial charge in [0.05, 0.1) is 25.2 Å². The molecular formula is C11H16N4O2. The minimum atomic E-state index is -0.175. The SMILES string of the molecule is COC(=O)C1CCCN1Cc1cnc(N)cn1. The number of anilines is 1. The zero-order valence-electron chi connectivity index (χ0n) is 9.80. The van der Waals surface area contributed by atoms with E-state index < -0.39 is 0 Å². The second-order valence-corrected chi connectivity index (χ2v) is 4.08. The third-order valence-electron chi connectivity index (χ3n) is 2.93. The van der Waals surface area contributed by atoms with E-state index in [9.17, 15) is 4.79 Å². The summed E-state index contributed by atoms with van der Waals surface area (Å²) in [6.45, 7) is 1.48. The van der Waals surface area contributed by atoms with Crippen molar-refractivity contribution in [1.29, 1.82) is 0 Å². The molecule has 2 heterocycles. The van der Waals surface area contributed by atoms with Gasteiger partial charge in [0, 0.05) is 6.54 Å². The maximum Gasteiger partial charge on any atom is 0.323 e. The predicted molar refractivity (Wildman–Crippen MR) is 61.9 cm³/mol. The molecule has 92 valence electrons. The van der Waals surface area contributed by atoms with Crippen LogP contribution in [0.4, 0.5) is 5.82 Å². The first kappa shape index (κ1) is 11.8. The summed E-state index contributed by atoms with van der Waals surface area (Å²) in [5.41, 5.74) is 6.29. The Bertz CT molecular complexity index is 393. The summed E-state index contributed by atoms with van der Waals surface area (Å²) in [5.74, 6) is 0.227. The molecule has 1 aliphatic rings. The molecule has 17 heavy (non-hydrogen) atoms. The highest BCUT2D eigenvalue weighted by molar-refractivity contribution is 5.75. The molecule has 0 saturated carbocycles. The van der Waals surface area contributed by atoms with Gasteiger partial charge in [0.1, 0.15) is 11.9 Å². The number of carbonyl (C=O) groups is 1. The number of aromatic nitrogens is 2. The zero-order valence-corrected chi connectivity index (χ0v) is 9.80. The molecule has 2 N–H and O–H groups in total. The van der Waals surface area contributed by atoms with Crippen LogP contribution in [0.25, 0.3) is 0 Å². The molecule has 0 aliphatic carbocycles. The van der Waals surface area contributed by atoms with Crippen LogP contribution in [-0.4, -0.2) is 40.5 Å². The van der Waals surface area contributed by atoms with Crippen molar-refractivity contribution < 1.29 is 9.53 Å². The highest BCUT2D eigenvalue weighted by Crippen LogP contribution is 2.20. The van der Waals surface area contributed by atoms with Gasteiger partial charge in [-0.2, -0.15) is 0 Å². The molecule has 1 saturated heterocycles. The van der Waals surface area contributed by atoms with Gasteiger partial charge in [-0.15, -0.1) is 0 Å². The van der Waals surface area contributed by atoms with Crippen LogP contribution < -0.4 is 5.73 Å². The Kier molecular flexibility index (Phi) is 3.53. The van der Waals surface area contributed by atoms with Crippen LogP contribution in [-0.2, 0) is 16.1 Å². The van der Waals surface area contributed by atoms with Crippen molar-refractivity contribution in [3.8, 4) is 0 Å². The number of nitrogens with two attached hydrogens (primary N) is 1. The van der Waals surface area contributed by atoms with Gasteiger partial charge in [0.15, 0.2) is 0 Å². The largest absolute Gasteiger partial charge is 0.468 e. The first-order valence-electron chi connectivity index (χ1n) is 5.59. The number of carbonyl (C=O) groups excluding carboxylic acids is 1. The molecule has 0 spiro atoms. The molecule has 1 unspecified atom stereocenters. The zero-order chi connectivity index (χ0) is 12.3. The lowest BCUT2D eigenvalue weighted by molar-refractivity contribution is -0.146. The van der Waals surface area contributed by atoms with Gasteiger partial charge in [-0.1, -0.05) is 0 Å². The van der Waals surface area contributed by atoms with Crippen molar-refractivity contribution in [2.45, 2.75) is 25.4 Å². The maximum atomic E-state index is 11.5. The van der Waals surface area contributed by atoms with E-state index in [4.69, 9.17) is 10.5 Å². The average molecular weight is 236 g/mol. The van der Waals surface area contributed by atoms with Gasteiger partial charge in [-0.3, -0.25) is 14.7 Å². The van der Waals surface area contributed by atoms with Crippen LogP contribution in [0, 0.1) is 0 Å². The molecular weight excluding hydrogens is 220 g/mol. The Morgan fingerprint density at radius 3 is 3.06 bits per heavy atom. The first-order valence-corrected chi connectivity index (χ1v) is 5.59. The molecule has 0 bridgehead atoms. The van der Waals surface area contributed by atoms with Crippen LogP contribution in [0.5, 0.6) is 0 Å². The van der Waals surface area contributed by atoms with Gasteiger partial charge in [-0.05, 0) is 19.4 Å². The number of rotatable bonds is 3. The van der Waals surface area contributed by atoms with E-state index in [1.165, 1.54) is 13.3 Å². The number of esters is 1. The fourth-order valence-corrected chi connectivity index (χ4v) is 2.07. The van der Waals surface area contributed by atoms with Gasteiger partial charge < -0.3 is 10.5 Å². The second kappa shape index (κ2) is 5.09. The lowest BCUT2D eigenvalue weighted by Gasteiger charge is -2.21. The molecule has 2 rings (SSSR count). The summed E-state index contributed by atoms with van der Waals surface area (Å²) < 4.78 is 4.78. The highest BCUT2D eigenvalue weighted by atomic mass is 16.5. The van der Waals surface area contributed by atoms with Crippen molar-refractivity contribution in [1.82, 2.24) is 14.9 Å². The van der Waals surface area contributed by atoms with Crippen LogP contribution in [0.15, 0.2) is 12.4 Å². The summed E-state index contributed by atoms with van der Waals surface area (Å²) in [6.07, 6.45) is 5.01. The number of hydrogen-bond acceptors (Lipinski definition) is 6. The Morgan fingerprint density at radius 2 is 2.41 bits per heavy atom. The standard InChI is InChI=1S/C11H16N4O2/c1-17-11(16)9-3-2-4-15(9)7-8-5-14-10(12)6-13-8/h5-6,9H,2-4,7H2,1H3,(H2,12,14). The summed E-state index contributed by atoms with van der Waals surface area (Å²) in [4.78, 5) is 21.8. The minimum absolute atomic E-state index is 0.153. The molecule has 1 aliphatic heterocycles. The Balaban J connectivity index is 2.02. The minimum Gasteiger partial charge on any atom is -0.468 e. The molecule has 6 nitrogen and oxygen atoms in total. The number of ether oxygens (including phenoxy) is 1.